The molecule has 0 aliphatic heterocycles. The number of aliphatic hydroxyl groups is 1. The molecule has 0 radical (unpaired) electrons. The molecule has 0 bridgehead atoms. The normalized spacial score (nSPS) is 26.8. The summed E-state index contributed by atoms with van der Waals surface area (Å²) in [7, 11) is 0. The Kier molecular flexibility index (Phi) is 3.69. The second-order valence-corrected chi connectivity index (χ2v) is 6.67. The number of hydrogen-bond acceptors (Lipinski definition) is 2. The molecule has 1 aromatic carbocycles. The first kappa shape index (κ1) is 14.2. The maximum absolute atomic E-state index is 12.1. The van der Waals surface area contributed by atoms with Crippen LogP contribution < -0.4 is 5.32 Å². The van der Waals surface area contributed by atoms with Crippen molar-refractivity contribution in [1.29, 1.82) is 0 Å². The Hall–Kier alpha value is -0.770. The summed E-state index contributed by atoms with van der Waals surface area (Å²) in [6, 6.07) is 5.52. The summed E-state index contributed by atoms with van der Waals surface area (Å²) in [5.74, 6) is 0.109. The largest absolute Gasteiger partial charge is 0.388 e. The monoisotopic (exact) mass is 313 g/mol. The SMILES string of the molecule is O=C(NCC1(O)CCC1)C1CC1c1cccc(Cl)c1Cl. The molecule has 2 aliphatic carbocycles. The molecule has 2 atom stereocenters. The van der Waals surface area contributed by atoms with Gasteiger partial charge in [-0.3, -0.25) is 4.79 Å². The summed E-state index contributed by atoms with van der Waals surface area (Å²) in [6.07, 6.45) is 3.39. The van der Waals surface area contributed by atoms with Gasteiger partial charge in [0.2, 0.25) is 5.91 Å². The van der Waals surface area contributed by atoms with E-state index in [0.717, 1.165) is 31.2 Å². The first-order valence-electron chi connectivity index (χ1n) is 6.94. The van der Waals surface area contributed by atoms with E-state index in [4.69, 9.17) is 23.2 Å². The van der Waals surface area contributed by atoms with E-state index >= 15 is 0 Å². The summed E-state index contributed by atoms with van der Waals surface area (Å²) in [5, 5.41) is 13.9. The molecule has 0 spiro atoms. The molecular formula is C15H17Cl2NO2. The van der Waals surface area contributed by atoms with Crippen LogP contribution in [0.2, 0.25) is 10.0 Å². The molecule has 2 saturated carbocycles. The Morgan fingerprint density at radius 3 is 2.80 bits per heavy atom. The summed E-state index contributed by atoms with van der Waals surface area (Å²) in [5.41, 5.74) is 0.273. The Labute approximate surface area is 128 Å². The van der Waals surface area contributed by atoms with Gasteiger partial charge in [0.15, 0.2) is 0 Å². The van der Waals surface area contributed by atoms with Gasteiger partial charge in [-0.15, -0.1) is 0 Å². The molecule has 1 aromatic rings. The number of rotatable bonds is 4. The summed E-state index contributed by atoms with van der Waals surface area (Å²) in [4.78, 5) is 12.1. The van der Waals surface area contributed by atoms with Gasteiger partial charge in [0.05, 0.1) is 15.6 Å². The molecule has 2 unspecified atom stereocenters. The van der Waals surface area contributed by atoms with Crippen LogP contribution in [0.25, 0.3) is 0 Å². The van der Waals surface area contributed by atoms with E-state index in [9.17, 15) is 9.90 Å². The van der Waals surface area contributed by atoms with Crippen molar-refractivity contribution in [3.63, 3.8) is 0 Å². The lowest BCUT2D eigenvalue weighted by Gasteiger charge is -2.36. The summed E-state index contributed by atoms with van der Waals surface area (Å²) in [6.45, 7) is 0.359. The van der Waals surface area contributed by atoms with Crippen LogP contribution in [0.4, 0.5) is 0 Å². The molecule has 1 amide bonds. The zero-order chi connectivity index (χ0) is 14.3. The molecule has 3 rings (SSSR count). The van der Waals surface area contributed by atoms with Gasteiger partial charge < -0.3 is 10.4 Å². The maximum atomic E-state index is 12.1. The molecule has 0 aromatic heterocycles. The number of amides is 1. The van der Waals surface area contributed by atoms with E-state index in [1.54, 1.807) is 6.07 Å². The molecule has 2 aliphatic rings. The van der Waals surface area contributed by atoms with Crippen molar-refractivity contribution in [3.05, 3.63) is 33.8 Å². The van der Waals surface area contributed by atoms with Crippen LogP contribution in [-0.2, 0) is 4.79 Å². The maximum Gasteiger partial charge on any atom is 0.223 e. The third kappa shape index (κ3) is 2.67. The highest BCUT2D eigenvalue weighted by Gasteiger charge is 2.46. The van der Waals surface area contributed by atoms with Crippen molar-refractivity contribution < 1.29 is 9.90 Å². The van der Waals surface area contributed by atoms with Crippen LogP contribution >= 0.6 is 23.2 Å². The van der Waals surface area contributed by atoms with Crippen molar-refractivity contribution in [1.82, 2.24) is 5.32 Å². The smallest absolute Gasteiger partial charge is 0.223 e. The molecule has 2 fully saturated rings. The second kappa shape index (κ2) is 5.21. The van der Waals surface area contributed by atoms with Crippen LogP contribution in [0, 0.1) is 5.92 Å². The number of benzene rings is 1. The quantitative estimate of drug-likeness (QED) is 0.897. The molecular weight excluding hydrogens is 297 g/mol. The van der Waals surface area contributed by atoms with Crippen molar-refractivity contribution in [2.24, 2.45) is 5.92 Å². The number of hydrogen-bond donors (Lipinski definition) is 2. The average Bonchev–Trinajstić information content (AvgIpc) is 3.17. The minimum Gasteiger partial charge on any atom is -0.388 e. The molecule has 3 nitrogen and oxygen atoms in total. The molecule has 0 saturated heterocycles. The van der Waals surface area contributed by atoms with Crippen molar-refractivity contribution in [2.45, 2.75) is 37.2 Å². The van der Waals surface area contributed by atoms with Gasteiger partial charge in [0.25, 0.3) is 0 Å². The molecule has 5 heteroatoms. The predicted octanol–water partition coefficient (Wildman–Crippen LogP) is 3.13. The van der Waals surface area contributed by atoms with E-state index in [2.05, 4.69) is 5.32 Å². The van der Waals surface area contributed by atoms with Crippen molar-refractivity contribution in [3.8, 4) is 0 Å². The van der Waals surface area contributed by atoms with Crippen molar-refractivity contribution in [2.75, 3.05) is 6.54 Å². The van der Waals surface area contributed by atoms with E-state index in [1.807, 2.05) is 12.1 Å². The zero-order valence-electron chi connectivity index (χ0n) is 11.0. The fourth-order valence-corrected chi connectivity index (χ4v) is 3.23. The van der Waals surface area contributed by atoms with Crippen LogP contribution in [0.3, 0.4) is 0 Å². The van der Waals surface area contributed by atoms with Gasteiger partial charge in [-0.1, -0.05) is 35.3 Å². The lowest BCUT2D eigenvalue weighted by Crippen LogP contribution is -2.48. The summed E-state index contributed by atoms with van der Waals surface area (Å²) < 4.78 is 0. The zero-order valence-corrected chi connectivity index (χ0v) is 12.5. The Balaban J connectivity index is 1.58. The predicted molar refractivity (Wildman–Crippen MR) is 79.1 cm³/mol. The van der Waals surface area contributed by atoms with Crippen LogP contribution in [0.5, 0.6) is 0 Å². The van der Waals surface area contributed by atoms with E-state index in [1.165, 1.54) is 0 Å². The van der Waals surface area contributed by atoms with E-state index in [-0.39, 0.29) is 17.7 Å². The number of halogens is 2. The third-order valence-corrected chi connectivity index (χ3v) is 5.22. The first-order chi connectivity index (χ1) is 9.50. The minimum atomic E-state index is -0.673. The van der Waals surface area contributed by atoms with E-state index < -0.39 is 5.60 Å². The lowest BCUT2D eigenvalue weighted by atomic mass is 9.80. The fourth-order valence-electron chi connectivity index (χ4n) is 2.78. The number of nitrogens with one attached hydrogen (secondary N) is 1. The minimum absolute atomic E-state index is 0.00590. The molecule has 20 heavy (non-hydrogen) atoms. The average molecular weight is 314 g/mol. The van der Waals surface area contributed by atoms with Gasteiger partial charge in [-0.05, 0) is 43.2 Å². The highest BCUT2D eigenvalue weighted by molar-refractivity contribution is 6.42. The number of carbonyl (C=O) groups is 1. The molecule has 0 heterocycles. The lowest BCUT2D eigenvalue weighted by molar-refractivity contribution is -0.124. The summed E-state index contributed by atoms with van der Waals surface area (Å²) >= 11 is 12.2. The van der Waals surface area contributed by atoms with Crippen LogP contribution in [0.15, 0.2) is 18.2 Å². The van der Waals surface area contributed by atoms with Gasteiger partial charge in [-0.25, -0.2) is 0 Å². The molecule has 108 valence electrons. The highest BCUT2D eigenvalue weighted by Crippen LogP contribution is 2.50. The van der Waals surface area contributed by atoms with Crippen LogP contribution in [0.1, 0.15) is 37.2 Å². The van der Waals surface area contributed by atoms with Gasteiger partial charge >= 0.3 is 0 Å². The Morgan fingerprint density at radius 1 is 1.40 bits per heavy atom. The molecule has 2 N–H and O–H groups in total. The van der Waals surface area contributed by atoms with Crippen molar-refractivity contribution >= 4 is 29.1 Å². The van der Waals surface area contributed by atoms with E-state index in [0.29, 0.717) is 16.6 Å². The standard InChI is InChI=1S/C15H17Cl2NO2/c16-12-4-1-3-9(13(12)17)10-7-11(10)14(19)18-8-15(20)5-2-6-15/h1,3-4,10-11,20H,2,5-8H2,(H,18,19). The van der Waals surface area contributed by atoms with Gasteiger partial charge in [0.1, 0.15) is 0 Å². The van der Waals surface area contributed by atoms with Gasteiger partial charge in [-0.2, -0.15) is 0 Å². The van der Waals surface area contributed by atoms with Gasteiger partial charge in [0, 0.05) is 12.5 Å². The Morgan fingerprint density at radius 2 is 2.15 bits per heavy atom. The topological polar surface area (TPSA) is 49.3 Å². The fraction of sp³-hybridized carbons (Fsp3) is 0.533. The highest BCUT2D eigenvalue weighted by atomic mass is 35.5. The number of carbonyl (C=O) groups excluding carboxylic acids is 1. The third-order valence-electron chi connectivity index (χ3n) is 4.38. The van der Waals surface area contributed by atoms with Crippen LogP contribution in [-0.4, -0.2) is 23.2 Å². The first-order valence-corrected chi connectivity index (χ1v) is 7.70. The Bertz CT molecular complexity index is 543. The second-order valence-electron chi connectivity index (χ2n) is 5.89.